The van der Waals surface area contributed by atoms with Gasteiger partial charge in [-0.25, -0.2) is 16.8 Å². The lowest BCUT2D eigenvalue weighted by Crippen LogP contribution is -2.17. The number of nitrogens with zero attached hydrogens (tertiary/aromatic N) is 1. The van der Waals surface area contributed by atoms with Crippen molar-refractivity contribution in [1.29, 1.82) is 0 Å². The fraction of sp³-hybridized carbons (Fsp3) is 0.154. The number of benzene rings is 3. The maximum absolute atomic E-state index is 13.5. The summed E-state index contributed by atoms with van der Waals surface area (Å²) in [6.45, 7) is 2.36. The summed E-state index contributed by atoms with van der Waals surface area (Å²) in [6.07, 6.45) is 5.33. The van der Waals surface area contributed by atoms with E-state index < -0.39 is 10.0 Å². The van der Waals surface area contributed by atoms with Crippen molar-refractivity contribution >= 4 is 20.9 Å². The van der Waals surface area contributed by atoms with Gasteiger partial charge in [-0.1, -0.05) is 60.2 Å². The van der Waals surface area contributed by atoms with Gasteiger partial charge < -0.3 is 4.74 Å². The van der Waals surface area contributed by atoms with Crippen molar-refractivity contribution < 1.29 is 17.5 Å². The van der Waals surface area contributed by atoms with Crippen LogP contribution in [0.2, 0.25) is 0 Å². The van der Waals surface area contributed by atoms with Crippen LogP contribution < -0.4 is 0 Å². The molecule has 0 aliphatic carbocycles. The summed E-state index contributed by atoms with van der Waals surface area (Å²) in [4.78, 5) is 0.237. The first kappa shape index (κ1) is 20.7. The van der Waals surface area contributed by atoms with Crippen LogP contribution in [0.15, 0.2) is 96.0 Å². The molecule has 0 fully saturated rings. The Kier molecular flexibility index (Phi) is 5.19. The van der Waals surface area contributed by atoms with Crippen LogP contribution in [0.25, 0.3) is 10.9 Å². The highest BCUT2D eigenvalue weighted by Gasteiger charge is 2.30. The zero-order valence-electron chi connectivity index (χ0n) is 17.5. The standard InChI is InChI=1S/C26H22FNO3S/c1-18-8-14-21(15-9-18)32(29,30)28-17-24(22-5-2-3-7-25(22)28)23-6-4-16-31-26(23)19-10-12-20(27)13-11-19/h2-15,17,23,26H,16H2,1H3/t23-,26-/m1/s1. The van der Waals surface area contributed by atoms with E-state index in [1.54, 1.807) is 42.6 Å². The molecule has 2 atom stereocenters. The number of para-hydroxylation sites is 1. The summed E-state index contributed by atoms with van der Waals surface area (Å²) in [5, 5.41) is 0.843. The maximum Gasteiger partial charge on any atom is 0.268 e. The van der Waals surface area contributed by atoms with Gasteiger partial charge in [0, 0.05) is 17.5 Å². The monoisotopic (exact) mass is 447 g/mol. The van der Waals surface area contributed by atoms with E-state index in [0.717, 1.165) is 22.1 Å². The minimum absolute atomic E-state index is 0.214. The van der Waals surface area contributed by atoms with Crippen LogP contribution in [-0.2, 0) is 14.8 Å². The quantitative estimate of drug-likeness (QED) is 0.375. The third-order valence-corrected chi connectivity index (χ3v) is 7.57. The second kappa shape index (κ2) is 8.04. The molecule has 6 heteroatoms. The molecule has 4 aromatic rings. The second-order valence-corrected chi connectivity index (χ2v) is 9.79. The predicted octanol–water partition coefficient (Wildman–Crippen LogP) is 5.74. The van der Waals surface area contributed by atoms with Crippen LogP contribution in [-0.4, -0.2) is 19.0 Å². The van der Waals surface area contributed by atoms with Crippen LogP contribution in [0.4, 0.5) is 4.39 Å². The molecule has 162 valence electrons. The molecule has 0 bridgehead atoms. The van der Waals surface area contributed by atoms with Crippen LogP contribution in [0, 0.1) is 12.7 Å². The largest absolute Gasteiger partial charge is 0.369 e. The van der Waals surface area contributed by atoms with Gasteiger partial charge >= 0.3 is 0 Å². The van der Waals surface area contributed by atoms with E-state index in [0.29, 0.717) is 12.1 Å². The minimum atomic E-state index is -3.79. The molecule has 0 amide bonds. The van der Waals surface area contributed by atoms with Crippen molar-refractivity contribution in [2.75, 3.05) is 6.61 Å². The SMILES string of the molecule is Cc1ccc(S(=O)(=O)n2cc([C@H]3C=CCO[C@@H]3c3ccc(F)cc3)c3ccccc32)cc1. The molecule has 0 radical (unpaired) electrons. The van der Waals surface area contributed by atoms with Crippen molar-refractivity contribution in [2.45, 2.75) is 23.8 Å². The van der Waals surface area contributed by atoms with Crippen molar-refractivity contribution in [3.8, 4) is 0 Å². The van der Waals surface area contributed by atoms with Gasteiger partial charge in [-0.05, 0) is 48.4 Å². The summed E-state index contributed by atoms with van der Waals surface area (Å²) in [5.41, 5.74) is 3.30. The summed E-state index contributed by atoms with van der Waals surface area (Å²) in [7, 11) is -3.79. The zero-order chi connectivity index (χ0) is 22.3. The third kappa shape index (κ3) is 3.55. The van der Waals surface area contributed by atoms with Gasteiger partial charge in [0.1, 0.15) is 5.82 Å². The first-order valence-corrected chi connectivity index (χ1v) is 11.8. The minimum Gasteiger partial charge on any atom is -0.369 e. The molecule has 1 aliphatic heterocycles. The second-order valence-electron chi connectivity index (χ2n) is 7.97. The molecule has 32 heavy (non-hydrogen) atoms. The molecular formula is C26H22FNO3S. The highest BCUT2D eigenvalue weighted by Crippen LogP contribution is 2.41. The number of ether oxygens (including phenoxy) is 1. The molecule has 0 unspecified atom stereocenters. The van der Waals surface area contributed by atoms with Crippen molar-refractivity contribution in [3.63, 3.8) is 0 Å². The number of hydrogen-bond acceptors (Lipinski definition) is 3. The van der Waals surface area contributed by atoms with Gasteiger partial charge in [0.15, 0.2) is 0 Å². The van der Waals surface area contributed by atoms with Crippen LogP contribution in [0.3, 0.4) is 0 Å². The molecule has 4 nitrogen and oxygen atoms in total. The topological polar surface area (TPSA) is 48.3 Å². The highest BCUT2D eigenvalue weighted by atomic mass is 32.2. The Labute approximate surface area is 186 Å². The third-order valence-electron chi connectivity index (χ3n) is 5.89. The molecule has 3 aromatic carbocycles. The first-order chi connectivity index (χ1) is 15.4. The Balaban J connectivity index is 1.67. The van der Waals surface area contributed by atoms with E-state index in [2.05, 4.69) is 0 Å². The number of aromatic nitrogens is 1. The predicted molar refractivity (Wildman–Crippen MR) is 123 cm³/mol. The Morgan fingerprint density at radius 2 is 1.69 bits per heavy atom. The van der Waals surface area contributed by atoms with Crippen molar-refractivity contribution in [1.82, 2.24) is 3.97 Å². The van der Waals surface area contributed by atoms with E-state index in [-0.39, 0.29) is 22.7 Å². The number of halogens is 1. The Bertz CT molecular complexity index is 1400. The highest BCUT2D eigenvalue weighted by molar-refractivity contribution is 7.90. The maximum atomic E-state index is 13.5. The summed E-state index contributed by atoms with van der Waals surface area (Å²) >= 11 is 0. The molecule has 2 heterocycles. The van der Waals surface area contributed by atoms with E-state index in [1.807, 2.05) is 43.3 Å². The Morgan fingerprint density at radius 3 is 2.44 bits per heavy atom. The Morgan fingerprint density at radius 1 is 0.969 bits per heavy atom. The summed E-state index contributed by atoms with van der Waals surface area (Å²) in [5.74, 6) is -0.522. The molecule has 5 rings (SSSR count). The van der Waals surface area contributed by atoms with Gasteiger partial charge in [0.05, 0.1) is 23.1 Å². The van der Waals surface area contributed by atoms with Crippen molar-refractivity contribution in [3.05, 3.63) is 114 Å². The van der Waals surface area contributed by atoms with E-state index in [1.165, 1.54) is 16.1 Å². The molecule has 0 spiro atoms. The molecule has 0 saturated heterocycles. The molecule has 1 aliphatic rings. The van der Waals surface area contributed by atoms with E-state index >= 15 is 0 Å². The lowest BCUT2D eigenvalue weighted by molar-refractivity contribution is 0.0539. The van der Waals surface area contributed by atoms with Crippen molar-refractivity contribution in [2.24, 2.45) is 0 Å². The number of hydrogen-bond donors (Lipinski definition) is 0. The van der Waals surface area contributed by atoms with E-state index in [9.17, 15) is 12.8 Å². The average Bonchev–Trinajstić information content (AvgIpc) is 3.20. The van der Waals surface area contributed by atoms with Gasteiger partial charge in [-0.2, -0.15) is 0 Å². The fourth-order valence-electron chi connectivity index (χ4n) is 4.25. The lowest BCUT2D eigenvalue weighted by Gasteiger charge is -2.28. The molecular weight excluding hydrogens is 425 g/mol. The zero-order valence-corrected chi connectivity index (χ0v) is 18.3. The van der Waals surface area contributed by atoms with Gasteiger partial charge in [0.2, 0.25) is 0 Å². The Hall–Kier alpha value is -3.22. The molecule has 1 aromatic heterocycles. The van der Waals surface area contributed by atoms with Crippen LogP contribution in [0.5, 0.6) is 0 Å². The van der Waals surface area contributed by atoms with Gasteiger partial charge in [-0.15, -0.1) is 0 Å². The lowest BCUT2D eigenvalue weighted by atomic mass is 9.87. The first-order valence-electron chi connectivity index (χ1n) is 10.4. The molecule has 0 N–H and O–H groups in total. The number of rotatable bonds is 4. The van der Waals surface area contributed by atoms with Crippen LogP contribution in [0.1, 0.15) is 28.7 Å². The average molecular weight is 448 g/mol. The fourth-order valence-corrected chi connectivity index (χ4v) is 5.63. The van der Waals surface area contributed by atoms with Gasteiger partial charge in [0.25, 0.3) is 10.0 Å². The van der Waals surface area contributed by atoms with Gasteiger partial charge in [-0.3, -0.25) is 0 Å². The van der Waals surface area contributed by atoms with Crippen LogP contribution >= 0.6 is 0 Å². The van der Waals surface area contributed by atoms with E-state index in [4.69, 9.17) is 4.74 Å². The molecule has 0 saturated carbocycles. The number of fused-ring (bicyclic) bond motifs is 1. The normalized spacial score (nSPS) is 18.8. The summed E-state index contributed by atoms with van der Waals surface area (Å²) < 4.78 is 47.9. The smallest absolute Gasteiger partial charge is 0.268 e. The summed E-state index contributed by atoms with van der Waals surface area (Å²) in [6, 6.07) is 20.6. The number of aryl methyl sites for hydroxylation is 1.